The van der Waals surface area contributed by atoms with Gasteiger partial charge in [-0.2, -0.15) is 13.2 Å². The molecule has 0 spiro atoms. The van der Waals surface area contributed by atoms with E-state index in [-0.39, 0.29) is 5.91 Å². The Kier molecular flexibility index (Phi) is 8.92. The van der Waals surface area contributed by atoms with Crippen LogP contribution in [0.3, 0.4) is 0 Å². The van der Waals surface area contributed by atoms with Gasteiger partial charge in [0.15, 0.2) is 0 Å². The second-order valence-electron chi connectivity index (χ2n) is 7.07. The minimum Gasteiger partial charge on any atom is -0.475 e. The van der Waals surface area contributed by atoms with Gasteiger partial charge in [-0.25, -0.2) is 9.78 Å². The van der Waals surface area contributed by atoms with Gasteiger partial charge in [0.1, 0.15) is 5.69 Å². The van der Waals surface area contributed by atoms with E-state index in [4.69, 9.17) is 15.6 Å². The van der Waals surface area contributed by atoms with Gasteiger partial charge < -0.3 is 15.7 Å². The van der Waals surface area contributed by atoms with Gasteiger partial charge in [0.05, 0.1) is 10.7 Å². The Bertz CT molecular complexity index is 870. The van der Waals surface area contributed by atoms with Crippen molar-refractivity contribution in [1.82, 2.24) is 24.9 Å². The Morgan fingerprint density at radius 3 is 2.68 bits per heavy atom. The van der Waals surface area contributed by atoms with Crippen molar-refractivity contribution in [3.8, 4) is 0 Å². The fourth-order valence-corrected chi connectivity index (χ4v) is 3.96. The lowest BCUT2D eigenvalue weighted by atomic mass is 9.98. The molecule has 2 aromatic heterocycles. The number of thiazole rings is 1. The third-order valence-corrected chi connectivity index (χ3v) is 5.43. The van der Waals surface area contributed by atoms with Crippen LogP contribution in [0.4, 0.5) is 13.2 Å². The second kappa shape index (κ2) is 11.2. The van der Waals surface area contributed by atoms with Crippen molar-refractivity contribution >= 4 is 23.2 Å². The largest absolute Gasteiger partial charge is 0.490 e. The predicted octanol–water partition coefficient (Wildman–Crippen LogP) is 2.33. The fourth-order valence-electron chi connectivity index (χ4n) is 3.08. The van der Waals surface area contributed by atoms with Gasteiger partial charge in [-0.3, -0.25) is 9.48 Å². The summed E-state index contributed by atoms with van der Waals surface area (Å²) in [5.41, 5.74) is 6.96. The summed E-state index contributed by atoms with van der Waals surface area (Å²) >= 11 is 1.58. The zero-order chi connectivity index (χ0) is 23.0. The van der Waals surface area contributed by atoms with E-state index in [1.54, 1.807) is 11.3 Å². The summed E-state index contributed by atoms with van der Waals surface area (Å²) in [6.07, 6.45) is 0.907. The van der Waals surface area contributed by atoms with Crippen molar-refractivity contribution in [2.24, 2.45) is 11.7 Å². The molecular weight excluding hydrogens is 437 g/mol. The van der Waals surface area contributed by atoms with Crippen LogP contribution in [0.1, 0.15) is 47.4 Å². The number of nitrogens with two attached hydrogens (primary N) is 1. The van der Waals surface area contributed by atoms with Crippen LogP contribution in [0, 0.1) is 5.92 Å². The highest BCUT2D eigenvalue weighted by Gasteiger charge is 2.38. The molecule has 3 N–H and O–H groups in total. The Hall–Kier alpha value is -2.54. The number of carbonyl (C=O) groups is 2. The Balaban J connectivity index is 0.000000423. The highest BCUT2D eigenvalue weighted by atomic mass is 32.1. The van der Waals surface area contributed by atoms with Crippen LogP contribution < -0.4 is 5.73 Å². The first-order valence-electron chi connectivity index (χ1n) is 9.76. The molecule has 0 radical (unpaired) electrons. The lowest BCUT2D eigenvalue weighted by molar-refractivity contribution is -0.192. The van der Waals surface area contributed by atoms with Gasteiger partial charge in [0.2, 0.25) is 0 Å². The number of hydrogen-bond acceptors (Lipinski definition) is 7. The molecule has 1 unspecified atom stereocenters. The molecule has 172 valence electrons. The van der Waals surface area contributed by atoms with Crippen LogP contribution in [-0.4, -0.2) is 61.1 Å². The SMILES string of the molecule is CCCc1nc(C(=O)N2CCCC(Cn3cc(CN)nn3)C2)cs1.O=C(O)C(F)(F)F. The summed E-state index contributed by atoms with van der Waals surface area (Å²) in [6.45, 7) is 4.85. The van der Waals surface area contributed by atoms with E-state index >= 15 is 0 Å². The van der Waals surface area contributed by atoms with E-state index in [9.17, 15) is 18.0 Å². The van der Waals surface area contributed by atoms with Crippen molar-refractivity contribution in [3.63, 3.8) is 0 Å². The monoisotopic (exact) mass is 462 g/mol. The Morgan fingerprint density at radius 2 is 2.10 bits per heavy atom. The number of likely N-dealkylation sites (tertiary alicyclic amines) is 1. The molecule has 13 heteroatoms. The van der Waals surface area contributed by atoms with Gasteiger partial charge in [0, 0.05) is 37.8 Å². The summed E-state index contributed by atoms with van der Waals surface area (Å²) in [6, 6.07) is 0. The molecule has 3 heterocycles. The lowest BCUT2D eigenvalue weighted by Crippen LogP contribution is -2.41. The molecule has 0 saturated carbocycles. The van der Waals surface area contributed by atoms with Gasteiger partial charge >= 0.3 is 12.1 Å². The van der Waals surface area contributed by atoms with Gasteiger partial charge in [0.25, 0.3) is 5.91 Å². The molecule has 0 aromatic carbocycles. The number of hydrogen-bond donors (Lipinski definition) is 2. The minimum atomic E-state index is -5.08. The molecule has 1 fully saturated rings. The van der Waals surface area contributed by atoms with Crippen molar-refractivity contribution in [2.45, 2.75) is 51.9 Å². The first-order valence-corrected chi connectivity index (χ1v) is 10.6. The molecular formula is C18H25F3N6O3S. The highest BCUT2D eigenvalue weighted by Crippen LogP contribution is 2.21. The van der Waals surface area contributed by atoms with E-state index < -0.39 is 12.1 Å². The molecule has 1 amide bonds. The number of nitrogens with zero attached hydrogens (tertiary/aromatic N) is 5. The van der Waals surface area contributed by atoms with E-state index in [0.29, 0.717) is 18.2 Å². The first kappa shape index (κ1) is 24.7. The summed E-state index contributed by atoms with van der Waals surface area (Å²) in [5.74, 6) is -2.31. The van der Waals surface area contributed by atoms with Crippen molar-refractivity contribution in [1.29, 1.82) is 0 Å². The molecule has 0 bridgehead atoms. The van der Waals surface area contributed by atoms with Crippen LogP contribution in [-0.2, 0) is 24.3 Å². The Morgan fingerprint density at radius 1 is 1.39 bits per heavy atom. The van der Waals surface area contributed by atoms with Gasteiger partial charge in [-0.1, -0.05) is 12.1 Å². The minimum absolute atomic E-state index is 0.0551. The number of carboxylic acids is 1. The summed E-state index contributed by atoms with van der Waals surface area (Å²) in [4.78, 5) is 28.0. The van der Waals surface area contributed by atoms with Gasteiger partial charge in [-0.05, 0) is 31.6 Å². The molecule has 2 aromatic rings. The molecule has 1 aliphatic rings. The molecule has 1 aliphatic heterocycles. The van der Waals surface area contributed by atoms with E-state index in [0.717, 1.165) is 56.0 Å². The number of piperidine rings is 1. The zero-order valence-electron chi connectivity index (χ0n) is 17.0. The normalized spacial score (nSPS) is 16.5. The maximum atomic E-state index is 12.7. The number of aryl methyl sites for hydroxylation is 1. The quantitative estimate of drug-likeness (QED) is 0.674. The topological polar surface area (TPSA) is 127 Å². The molecule has 0 aliphatic carbocycles. The van der Waals surface area contributed by atoms with Crippen molar-refractivity contribution in [2.75, 3.05) is 13.1 Å². The lowest BCUT2D eigenvalue weighted by Gasteiger charge is -2.32. The average Bonchev–Trinajstić information content (AvgIpc) is 3.37. The number of carboxylic acid groups (broad SMARTS) is 1. The molecule has 1 saturated heterocycles. The third kappa shape index (κ3) is 7.58. The standard InChI is InChI=1S/C16H24N6OS.C2HF3O2/c1-2-4-15-18-14(11-24-15)16(23)21-6-3-5-12(8-21)9-22-10-13(7-17)19-20-22;3-2(4,5)1(6)7/h10-12H,2-9,17H2,1H3;(H,6,7). The first-order chi connectivity index (χ1) is 14.6. The summed E-state index contributed by atoms with van der Waals surface area (Å²) in [5, 5.41) is 18.2. The smallest absolute Gasteiger partial charge is 0.475 e. The molecule has 31 heavy (non-hydrogen) atoms. The summed E-state index contributed by atoms with van der Waals surface area (Å²) < 4.78 is 33.6. The number of amides is 1. The van der Waals surface area contributed by atoms with Crippen molar-refractivity contribution in [3.05, 3.63) is 28.0 Å². The van der Waals surface area contributed by atoms with E-state index in [2.05, 4.69) is 22.2 Å². The Labute approximate surface area is 181 Å². The van der Waals surface area contributed by atoms with Crippen molar-refractivity contribution < 1.29 is 27.9 Å². The van der Waals surface area contributed by atoms with Crippen LogP contribution in [0.5, 0.6) is 0 Å². The van der Waals surface area contributed by atoms with Crippen LogP contribution in [0.2, 0.25) is 0 Å². The van der Waals surface area contributed by atoms with Crippen LogP contribution >= 0.6 is 11.3 Å². The van der Waals surface area contributed by atoms with E-state index in [1.807, 2.05) is 21.2 Å². The van der Waals surface area contributed by atoms with E-state index in [1.165, 1.54) is 0 Å². The number of aliphatic carboxylic acids is 1. The number of aromatic nitrogens is 4. The number of rotatable bonds is 6. The highest BCUT2D eigenvalue weighted by molar-refractivity contribution is 7.09. The van der Waals surface area contributed by atoms with Gasteiger partial charge in [-0.15, -0.1) is 16.4 Å². The van der Waals surface area contributed by atoms with Crippen LogP contribution in [0.15, 0.2) is 11.6 Å². The third-order valence-electron chi connectivity index (χ3n) is 4.52. The maximum absolute atomic E-state index is 12.7. The predicted molar refractivity (Wildman–Crippen MR) is 106 cm³/mol. The maximum Gasteiger partial charge on any atom is 0.490 e. The zero-order valence-corrected chi connectivity index (χ0v) is 17.8. The van der Waals surface area contributed by atoms with Crippen LogP contribution in [0.25, 0.3) is 0 Å². The number of alkyl halides is 3. The number of halogens is 3. The average molecular weight is 462 g/mol. The summed E-state index contributed by atoms with van der Waals surface area (Å²) in [7, 11) is 0. The number of carbonyl (C=O) groups excluding carboxylic acids is 1. The molecule has 1 atom stereocenters. The fraction of sp³-hybridized carbons (Fsp3) is 0.611. The second-order valence-corrected chi connectivity index (χ2v) is 8.02. The molecule has 3 rings (SSSR count). The molecule has 9 nitrogen and oxygen atoms in total.